The largest absolute Gasteiger partial charge is 0.383 e. The Labute approximate surface area is 192 Å². The zero-order valence-electron chi connectivity index (χ0n) is 19.3. The van der Waals surface area contributed by atoms with E-state index in [1.807, 2.05) is 0 Å². The first kappa shape index (κ1) is 25.6. The predicted molar refractivity (Wildman–Crippen MR) is 127 cm³/mol. The first-order valence-electron chi connectivity index (χ1n) is 10.6. The third-order valence-electron chi connectivity index (χ3n) is 5.35. The number of aromatic nitrogens is 1. The monoisotopic (exact) mass is 465 g/mol. The van der Waals surface area contributed by atoms with Gasteiger partial charge < -0.3 is 10.8 Å². The van der Waals surface area contributed by atoms with Crippen LogP contribution in [0.2, 0.25) is 0 Å². The Morgan fingerprint density at radius 1 is 1.26 bits per heavy atom. The van der Waals surface area contributed by atoms with E-state index in [1.165, 1.54) is 46.9 Å². The molecular formula is C23H35N3O3S2. The molecule has 8 heteroatoms. The molecule has 2 aromatic rings. The number of fused-ring (bicyclic) bond motifs is 1. The summed E-state index contributed by atoms with van der Waals surface area (Å²) in [6, 6.07) is 2.33. The van der Waals surface area contributed by atoms with E-state index in [-0.39, 0.29) is 5.91 Å². The summed E-state index contributed by atoms with van der Waals surface area (Å²) in [5.74, 6) is 0.680. The van der Waals surface area contributed by atoms with E-state index in [0.717, 1.165) is 17.8 Å². The van der Waals surface area contributed by atoms with Crippen molar-refractivity contribution in [1.29, 1.82) is 0 Å². The van der Waals surface area contributed by atoms with Gasteiger partial charge in [0, 0.05) is 0 Å². The van der Waals surface area contributed by atoms with Crippen molar-refractivity contribution in [3.8, 4) is 0 Å². The molecule has 1 aliphatic rings. The maximum atomic E-state index is 11.4. The number of aliphatic hydroxyl groups is 1. The molecule has 0 radical (unpaired) electrons. The average molecular weight is 466 g/mol. The van der Waals surface area contributed by atoms with Crippen LogP contribution in [0.15, 0.2) is 16.5 Å². The number of nitrogens with zero attached hydrogens (tertiary/aromatic N) is 1. The number of hydrogen-bond donors (Lipinski definition) is 3. The minimum atomic E-state index is -1.50. The van der Waals surface area contributed by atoms with Gasteiger partial charge in [0.05, 0.1) is 12.6 Å². The topological polar surface area (TPSA) is 119 Å². The maximum absolute atomic E-state index is 11.4. The standard InChI is InChI=1S/C17H25NO.C6H10N2O2S2/c1-10(2)14-8-12-6-5-7-13(12)17(11(3)4)15(14)9-16(18)19;1-6(2,9)5-8-3-4(11-5)12(7)10/h8,10-11H,5-7,9H2,1-4H3,(H2,18,19);3,9H,7H2,1-2H3. The van der Waals surface area contributed by atoms with Crippen LogP contribution in [0.4, 0.5) is 0 Å². The molecule has 5 N–H and O–H groups in total. The summed E-state index contributed by atoms with van der Waals surface area (Å²) in [4.78, 5) is 15.3. The molecular weight excluding hydrogens is 430 g/mol. The SMILES string of the molecule is CC(C)(O)c1ncc(S(N)=O)s1.CC(C)c1cc2c(c(C(C)C)c1CC(N)=O)CCC2. The van der Waals surface area contributed by atoms with Crippen LogP contribution >= 0.6 is 11.3 Å². The molecule has 1 unspecified atom stereocenters. The van der Waals surface area contributed by atoms with Crippen LogP contribution in [0.1, 0.15) is 92.6 Å². The smallest absolute Gasteiger partial charge is 0.221 e. The number of hydrogen-bond acceptors (Lipinski definition) is 5. The summed E-state index contributed by atoms with van der Waals surface area (Å²) in [6.45, 7) is 12.1. The lowest BCUT2D eigenvalue weighted by Gasteiger charge is -2.23. The summed E-state index contributed by atoms with van der Waals surface area (Å²) in [7, 11) is -1.50. The second-order valence-corrected chi connectivity index (χ2v) is 11.5. The summed E-state index contributed by atoms with van der Waals surface area (Å²) in [6.07, 6.45) is 5.40. The second kappa shape index (κ2) is 10.3. The zero-order chi connectivity index (χ0) is 23.5. The molecule has 0 saturated carbocycles. The normalized spacial score (nSPS) is 14.4. The Hall–Kier alpha value is -1.61. The van der Waals surface area contributed by atoms with Crippen molar-refractivity contribution in [1.82, 2.24) is 4.98 Å². The number of carbonyl (C=O) groups excluding carboxylic acids is 1. The van der Waals surface area contributed by atoms with Crippen LogP contribution in [-0.4, -0.2) is 20.2 Å². The highest BCUT2D eigenvalue weighted by Gasteiger charge is 2.24. The molecule has 1 atom stereocenters. The van der Waals surface area contributed by atoms with E-state index in [2.05, 4.69) is 38.7 Å². The third kappa shape index (κ3) is 6.44. The van der Waals surface area contributed by atoms with Crippen molar-refractivity contribution in [2.45, 2.75) is 88.9 Å². The molecule has 6 nitrogen and oxygen atoms in total. The Morgan fingerprint density at radius 3 is 2.32 bits per heavy atom. The molecule has 1 aromatic carbocycles. The number of benzene rings is 1. The van der Waals surface area contributed by atoms with Gasteiger partial charge in [-0.1, -0.05) is 33.8 Å². The molecule has 1 aromatic heterocycles. The quantitative estimate of drug-likeness (QED) is 0.601. The first-order chi connectivity index (χ1) is 14.3. The van der Waals surface area contributed by atoms with Crippen molar-refractivity contribution in [2.24, 2.45) is 10.9 Å². The van der Waals surface area contributed by atoms with Gasteiger partial charge >= 0.3 is 0 Å². The van der Waals surface area contributed by atoms with Gasteiger partial charge in [0.1, 0.15) is 25.8 Å². The molecule has 0 saturated heterocycles. The number of primary amides is 1. The van der Waals surface area contributed by atoms with E-state index < -0.39 is 16.6 Å². The molecule has 172 valence electrons. The van der Waals surface area contributed by atoms with Crippen molar-refractivity contribution >= 4 is 28.2 Å². The average Bonchev–Trinajstić information content (AvgIpc) is 3.29. The van der Waals surface area contributed by atoms with Crippen LogP contribution in [0, 0.1) is 0 Å². The first-order valence-corrected chi connectivity index (χ1v) is 12.7. The highest BCUT2D eigenvalue weighted by molar-refractivity contribution is 7.85. The van der Waals surface area contributed by atoms with Gasteiger partial charge in [0.2, 0.25) is 5.91 Å². The fraction of sp³-hybridized carbons (Fsp3) is 0.565. The Morgan fingerprint density at radius 2 is 1.90 bits per heavy atom. The maximum Gasteiger partial charge on any atom is 0.221 e. The highest BCUT2D eigenvalue weighted by Crippen LogP contribution is 2.37. The van der Waals surface area contributed by atoms with E-state index in [4.69, 9.17) is 10.9 Å². The van der Waals surface area contributed by atoms with Gasteiger partial charge in [-0.15, -0.1) is 11.3 Å². The Bertz CT molecular complexity index is 960. The number of amides is 1. The van der Waals surface area contributed by atoms with Gasteiger partial charge in [-0.25, -0.2) is 14.3 Å². The van der Waals surface area contributed by atoms with E-state index in [0.29, 0.717) is 27.5 Å². The molecule has 0 bridgehead atoms. The summed E-state index contributed by atoms with van der Waals surface area (Å²) >= 11 is 1.16. The minimum absolute atomic E-state index is 0.221. The van der Waals surface area contributed by atoms with Gasteiger partial charge in [-0.3, -0.25) is 4.79 Å². The van der Waals surface area contributed by atoms with Crippen molar-refractivity contribution < 1.29 is 14.1 Å². The number of nitrogens with two attached hydrogens (primary N) is 2. The second-order valence-electron chi connectivity index (χ2n) is 9.14. The molecule has 0 fully saturated rings. The lowest BCUT2D eigenvalue weighted by Crippen LogP contribution is -2.18. The van der Waals surface area contributed by atoms with E-state index in [9.17, 15) is 14.1 Å². The van der Waals surface area contributed by atoms with E-state index in [1.54, 1.807) is 13.8 Å². The molecule has 1 heterocycles. The molecule has 3 rings (SSSR count). The van der Waals surface area contributed by atoms with Gasteiger partial charge in [-0.05, 0) is 72.8 Å². The predicted octanol–water partition coefficient (Wildman–Crippen LogP) is 3.80. The fourth-order valence-electron chi connectivity index (χ4n) is 4.07. The fourth-order valence-corrected chi connectivity index (χ4v) is 5.44. The number of rotatable bonds is 6. The molecule has 1 amide bonds. The van der Waals surface area contributed by atoms with Crippen LogP contribution in [0.3, 0.4) is 0 Å². The number of aryl methyl sites for hydroxylation is 1. The van der Waals surface area contributed by atoms with Gasteiger partial charge in [-0.2, -0.15) is 0 Å². The lowest BCUT2D eigenvalue weighted by molar-refractivity contribution is -0.117. The van der Waals surface area contributed by atoms with Crippen LogP contribution in [0.5, 0.6) is 0 Å². The van der Waals surface area contributed by atoms with Crippen LogP contribution in [-0.2, 0) is 40.6 Å². The van der Waals surface area contributed by atoms with Crippen molar-refractivity contribution in [3.63, 3.8) is 0 Å². The molecule has 31 heavy (non-hydrogen) atoms. The van der Waals surface area contributed by atoms with Crippen molar-refractivity contribution in [2.75, 3.05) is 0 Å². The van der Waals surface area contributed by atoms with Crippen LogP contribution in [0.25, 0.3) is 0 Å². The summed E-state index contributed by atoms with van der Waals surface area (Å²) < 4.78 is 11.2. The Kier molecular flexibility index (Phi) is 8.55. The number of thiazole rings is 1. The molecule has 0 aliphatic heterocycles. The number of carbonyl (C=O) groups is 1. The summed E-state index contributed by atoms with van der Waals surface area (Å²) in [5, 5.41) is 15.1. The van der Waals surface area contributed by atoms with E-state index >= 15 is 0 Å². The van der Waals surface area contributed by atoms with Gasteiger partial charge in [0.15, 0.2) is 0 Å². The minimum Gasteiger partial charge on any atom is -0.383 e. The zero-order valence-corrected chi connectivity index (χ0v) is 21.0. The van der Waals surface area contributed by atoms with Crippen molar-refractivity contribution in [3.05, 3.63) is 45.1 Å². The molecule has 0 spiro atoms. The lowest BCUT2D eigenvalue weighted by atomic mass is 9.82. The Balaban J connectivity index is 0.000000245. The van der Waals surface area contributed by atoms with Crippen LogP contribution < -0.4 is 10.9 Å². The highest BCUT2D eigenvalue weighted by atomic mass is 32.2. The summed E-state index contributed by atoms with van der Waals surface area (Å²) in [5.41, 5.74) is 11.4. The third-order valence-corrected chi connectivity index (χ3v) is 7.70. The molecule has 1 aliphatic carbocycles. The van der Waals surface area contributed by atoms with Gasteiger partial charge in [0.25, 0.3) is 0 Å².